The third-order valence-corrected chi connectivity index (χ3v) is 2.46. The highest BCUT2D eigenvalue weighted by Gasteiger charge is 2.22. The van der Waals surface area contributed by atoms with E-state index in [-0.39, 0.29) is 29.8 Å². The summed E-state index contributed by atoms with van der Waals surface area (Å²) in [5.41, 5.74) is 5.48. The summed E-state index contributed by atoms with van der Waals surface area (Å²) in [4.78, 5) is 23.9. The van der Waals surface area contributed by atoms with E-state index in [2.05, 4.69) is 10.6 Å². The van der Waals surface area contributed by atoms with Crippen LogP contribution in [0.15, 0.2) is 24.3 Å². The number of anilines is 1. The van der Waals surface area contributed by atoms with E-state index in [1.807, 2.05) is 20.8 Å². The maximum Gasteiger partial charge on any atom is 0.251 e. The van der Waals surface area contributed by atoms with Crippen molar-refractivity contribution in [1.29, 1.82) is 0 Å². The molecule has 0 unspecified atom stereocenters. The van der Waals surface area contributed by atoms with Crippen LogP contribution in [0.25, 0.3) is 0 Å². The summed E-state index contributed by atoms with van der Waals surface area (Å²) in [6.07, 6.45) is 0. The van der Waals surface area contributed by atoms with E-state index in [9.17, 15) is 9.59 Å². The highest BCUT2D eigenvalue weighted by molar-refractivity contribution is 5.99. The van der Waals surface area contributed by atoms with E-state index < -0.39 is 5.54 Å². The predicted molar refractivity (Wildman–Crippen MR) is 87.8 cm³/mol. The maximum atomic E-state index is 12.0. The molecule has 0 aromatic heterocycles. The van der Waals surface area contributed by atoms with Gasteiger partial charge in [-0.25, -0.2) is 0 Å². The minimum Gasteiger partial charge on any atom is -0.347 e. The zero-order valence-corrected chi connectivity index (χ0v) is 13.9. The van der Waals surface area contributed by atoms with E-state index in [0.717, 1.165) is 0 Å². The molecule has 0 aliphatic carbocycles. The lowest BCUT2D eigenvalue weighted by Gasteiger charge is -2.21. The highest BCUT2D eigenvalue weighted by Crippen LogP contribution is 2.13. The third kappa shape index (κ3) is 6.60. The zero-order valence-electron chi connectivity index (χ0n) is 13.1. The SMILES string of the molecule is CC(C)(C)NC(=O)c1cccc(NC(=O)C(C)(C)N)c1.Cl. The molecule has 0 bridgehead atoms. The van der Waals surface area contributed by atoms with Crippen LogP contribution in [0.5, 0.6) is 0 Å². The smallest absolute Gasteiger partial charge is 0.251 e. The number of benzene rings is 1. The number of carbonyl (C=O) groups is 2. The standard InChI is InChI=1S/C15H23N3O2.ClH/c1-14(2,3)18-12(19)10-7-6-8-11(9-10)17-13(20)15(4,5)16;/h6-9H,16H2,1-5H3,(H,17,20)(H,18,19);1H. The van der Waals surface area contributed by atoms with Crippen molar-refractivity contribution in [3.8, 4) is 0 Å². The molecule has 118 valence electrons. The van der Waals surface area contributed by atoms with Crippen molar-refractivity contribution < 1.29 is 9.59 Å². The predicted octanol–water partition coefficient (Wildman–Crippen LogP) is 2.31. The monoisotopic (exact) mass is 313 g/mol. The molecule has 0 saturated heterocycles. The normalized spacial score (nSPS) is 11.3. The Kier molecular flexibility index (Phi) is 6.39. The number of amides is 2. The van der Waals surface area contributed by atoms with Gasteiger partial charge in [0.15, 0.2) is 0 Å². The van der Waals surface area contributed by atoms with Crippen molar-refractivity contribution in [1.82, 2.24) is 5.32 Å². The van der Waals surface area contributed by atoms with Gasteiger partial charge in [0, 0.05) is 16.8 Å². The number of carbonyl (C=O) groups excluding carboxylic acids is 2. The first-order chi connectivity index (χ1) is 8.99. The van der Waals surface area contributed by atoms with Crippen LogP contribution in [-0.4, -0.2) is 22.9 Å². The fraction of sp³-hybridized carbons (Fsp3) is 0.467. The number of halogens is 1. The molecule has 0 spiro atoms. The first-order valence-electron chi connectivity index (χ1n) is 6.52. The summed E-state index contributed by atoms with van der Waals surface area (Å²) < 4.78 is 0. The molecule has 6 heteroatoms. The van der Waals surface area contributed by atoms with Crippen LogP contribution in [-0.2, 0) is 4.79 Å². The van der Waals surface area contributed by atoms with Gasteiger partial charge in [0.25, 0.3) is 5.91 Å². The Morgan fingerprint density at radius 3 is 2.14 bits per heavy atom. The van der Waals surface area contributed by atoms with Gasteiger partial charge in [-0.15, -0.1) is 12.4 Å². The van der Waals surface area contributed by atoms with Crippen molar-refractivity contribution in [2.24, 2.45) is 5.73 Å². The van der Waals surface area contributed by atoms with E-state index in [0.29, 0.717) is 11.3 Å². The lowest BCUT2D eigenvalue weighted by Crippen LogP contribution is -2.45. The second-order valence-corrected chi connectivity index (χ2v) is 6.46. The van der Waals surface area contributed by atoms with Gasteiger partial charge in [0.2, 0.25) is 5.91 Å². The van der Waals surface area contributed by atoms with Crippen molar-refractivity contribution in [2.75, 3.05) is 5.32 Å². The summed E-state index contributed by atoms with van der Waals surface area (Å²) in [5, 5.41) is 5.57. The molecule has 1 aromatic rings. The summed E-state index contributed by atoms with van der Waals surface area (Å²) in [6.45, 7) is 8.98. The van der Waals surface area contributed by atoms with Crippen LogP contribution in [0.4, 0.5) is 5.69 Å². The second-order valence-electron chi connectivity index (χ2n) is 6.46. The van der Waals surface area contributed by atoms with E-state index in [4.69, 9.17) is 5.73 Å². The fourth-order valence-corrected chi connectivity index (χ4v) is 1.44. The number of nitrogens with one attached hydrogen (secondary N) is 2. The Hall–Kier alpha value is -1.59. The average molecular weight is 314 g/mol. The first-order valence-corrected chi connectivity index (χ1v) is 6.52. The minimum atomic E-state index is -0.969. The molecule has 0 aliphatic rings. The minimum absolute atomic E-state index is 0. The summed E-state index contributed by atoms with van der Waals surface area (Å²) in [7, 11) is 0. The van der Waals surface area contributed by atoms with Crippen molar-refractivity contribution in [3.05, 3.63) is 29.8 Å². The molecule has 21 heavy (non-hydrogen) atoms. The summed E-state index contributed by atoms with van der Waals surface area (Å²) in [5.74, 6) is -0.480. The molecular weight excluding hydrogens is 290 g/mol. The maximum absolute atomic E-state index is 12.0. The molecule has 0 radical (unpaired) electrons. The Morgan fingerprint density at radius 2 is 1.67 bits per heavy atom. The van der Waals surface area contributed by atoms with Crippen LogP contribution in [0.3, 0.4) is 0 Å². The van der Waals surface area contributed by atoms with Gasteiger partial charge in [-0.1, -0.05) is 6.07 Å². The van der Waals surface area contributed by atoms with Crippen molar-refractivity contribution in [3.63, 3.8) is 0 Å². The van der Waals surface area contributed by atoms with Gasteiger partial charge in [-0.3, -0.25) is 9.59 Å². The average Bonchev–Trinajstić information content (AvgIpc) is 2.25. The van der Waals surface area contributed by atoms with Crippen LogP contribution >= 0.6 is 12.4 Å². The van der Waals surface area contributed by atoms with Gasteiger partial charge >= 0.3 is 0 Å². The van der Waals surface area contributed by atoms with Gasteiger partial charge in [-0.2, -0.15) is 0 Å². The molecule has 0 atom stereocenters. The van der Waals surface area contributed by atoms with E-state index >= 15 is 0 Å². The molecular formula is C15H24ClN3O2. The van der Waals surface area contributed by atoms with Crippen molar-refractivity contribution >= 4 is 29.9 Å². The summed E-state index contributed by atoms with van der Waals surface area (Å²) >= 11 is 0. The molecule has 2 amide bonds. The van der Waals surface area contributed by atoms with Gasteiger partial charge in [-0.05, 0) is 52.8 Å². The van der Waals surface area contributed by atoms with Crippen LogP contribution < -0.4 is 16.4 Å². The fourth-order valence-electron chi connectivity index (χ4n) is 1.44. The Balaban J connectivity index is 0.00000400. The number of nitrogens with two attached hydrogens (primary N) is 1. The lowest BCUT2D eigenvalue weighted by atomic mass is 10.1. The van der Waals surface area contributed by atoms with Gasteiger partial charge in [0.1, 0.15) is 0 Å². The molecule has 0 fully saturated rings. The molecule has 0 heterocycles. The molecule has 4 N–H and O–H groups in total. The Bertz CT molecular complexity index is 516. The third-order valence-electron chi connectivity index (χ3n) is 2.46. The largest absolute Gasteiger partial charge is 0.347 e. The van der Waals surface area contributed by atoms with Crippen LogP contribution in [0.1, 0.15) is 45.0 Å². The van der Waals surface area contributed by atoms with E-state index in [1.54, 1.807) is 38.1 Å². The number of hydrogen-bond donors (Lipinski definition) is 3. The number of hydrogen-bond acceptors (Lipinski definition) is 3. The highest BCUT2D eigenvalue weighted by atomic mass is 35.5. The second kappa shape index (κ2) is 6.91. The zero-order chi connectivity index (χ0) is 15.6. The Labute approximate surface area is 132 Å². The molecule has 1 rings (SSSR count). The van der Waals surface area contributed by atoms with Crippen molar-refractivity contribution in [2.45, 2.75) is 45.7 Å². The van der Waals surface area contributed by atoms with E-state index in [1.165, 1.54) is 0 Å². The molecule has 1 aromatic carbocycles. The first kappa shape index (κ1) is 19.4. The van der Waals surface area contributed by atoms with Gasteiger partial charge in [0.05, 0.1) is 5.54 Å². The molecule has 5 nitrogen and oxygen atoms in total. The van der Waals surface area contributed by atoms with Crippen LogP contribution in [0.2, 0.25) is 0 Å². The lowest BCUT2D eigenvalue weighted by molar-refractivity contribution is -0.120. The Morgan fingerprint density at radius 1 is 1.10 bits per heavy atom. The summed E-state index contributed by atoms with van der Waals surface area (Å²) in [6, 6.07) is 6.77. The van der Waals surface area contributed by atoms with Gasteiger partial charge < -0.3 is 16.4 Å². The topological polar surface area (TPSA) is 84.2 Å². The number of rotatable bonds is 3. The molecule has 0 aliphatic heterocycles. The quantitative estimate of drug-likeness (QED) is 0.800. The molecule has 0 saturated carbocycles. The van der Waals surface area contributed by atoms with Crippen LogP contribution in [0, 0.1) is 0 Å².